The Morgan fingerprint density at radius 1 is 1.64 bits per heavy atom. The maximum Gasteiger partial charge on any atom is 0.420 e. The summed E-state index contributed by atoms with van der Waals surface area (Å²) in [4.78, 5) is 6.14. The predicted octanol–water partition coefficient (Wildman–Crippen LogP) is 3.10. The Morgan fingerprint density at radius 2 is 2.36 bits per heavy atom. The topological polar surface area (TPSA) is 25.8 Å². The molecule has 14 heavy (non-hydrogen) atoms. The van der Waals surface area contributed by atoms with Crippen molar-refractivity contribution in [2.45, 2.75) is 25.8 Å². The molecule has 0 saturated heterocycles. The Morgan fingerprint density at radius 3 is 2.86 bits per heavy atom. The van der Waals surface area contributed by atoms with Gasteiger partial charge in [0.25, 0.3) is 0 Å². The van der Waals surface area contributed by atoms with E-state index >= 15 is 0 Å². The quantitative estimate of drug-likeness (QED) is 0.731. The Hall–Kier alpha value is -0.840. The lowest BCUT2D eigenvalue weighted by Gasteiger charge is -2.07. The average molecular weight is 232 g/mol. The van der Waals surface area contributed by atoms with Crippen LogP contribution in [0.4, 0.5) is 13.2 Å². The van der Waals surface area contributed by atoms with Gasteiger partial charge in [-0.25, -0.2) is 9.97 Å². The van der Waals surface area contributed by atoms with Gasteiger partial charge in [0.1, 0.15) is 16.5 Å². The summed E-state index contributed by atoms with van der Waals surface area (Å²) in [7, 11) is 0. The van der Waals surface area contributed by atoms with E-state index in [1.807, 2.05) is 0 Å². The molecule has 1 heterocycles. The smallest absolute Gasteiger partial charge is 0.241 e. The van der Waals surface area contributed by atoms with Gasteiger partial charge in [0.05, 0.1) is 0 Å². The Kier molecular flexibility index (Phi) is 1.41. The molecule has 0 aliphatic carbocycles. The summed E-state index contributed by atoms with van der Waals surface area (Å²) in [6.07, 6.45) is -11.4. The van der Waals surface area contributed by atoms with Crippen LogP contribution in [0.25, 0.3) is 0 Å². The van der Waals surface area contributed by atoms with Gasteiger partial charge in [0.15, 0.2) is 0 Å². The van der Waals surface area contributed by atoms with Gasteiger partial charge in [0, 0.05) is 22.2 Å². The molecule has 0 unspecified atom stereocenters. The summed E-state index contributed by atoms with van der Waals surface area (Å²) in [5.74, 6) is -1.08. The first kappa shape index (κ1) is 4.79. The minimum Gasteiger partial charge on any atom is -0.241 e. The van der Waals surface area contributed by atoms with Gasteiger partial charge in [-0.05, 0) is 6.37 Å². The van der Waals surface area contributed by atoms with Crippen molar-refractivity contribution in [1.29, 1.82) is 0 Å². The average Bonchev–Trinajstić information content (AvgIpc) is 2.25. The fourth-order valence-corrected chi connectivity index (χ4v) is 0.903. The predicted molar refractivity (Wildman–Crippen MR) is 46.0 cm³/mol. The summed E-state index contributed by atoms with van der Waals surface area (Å²) < 4.78 is 88.1. The standard InChI is InChI=1S/C8H8ClF3N2/c1-2-3-6-13-4-5(7(9)14-6)8(10,11)12/h4H,2-3H2,1H3/i1D3,2D2,3D2. The second kappa shape index (κ2) is 4.13. The minimum absolute atomic E-state index is 0.179. The van der Waals surface area contributed by atoms with E-state index in [9.17, 15) is 13.2 Å². The van der Waals surface area contributed by atoms with Gasteiger partial charge in [0.2, 0.25) is 0 Å². The van der Waals surface area contributed by atoms with Crippen molar-refractivity contribution in [3.63, 3.8) is 0 Å². The Balaban J connectivity index is 3.38. The third-order valence-electron chi connectivity index (χ3n) is 1.22. The molecule has 0 radical (unpaired) electrons. The molecule has 6 heteroatoms. The fraction of sp³-hybridized carbons (Fsp3) is 0.500. The lowest BCUT2D eigenvalue weighted by Crippen LogP contribution is -2.09. The fourth-order valence-electron chi connectivity index (χ4n) is 0.667. The highest BCUT2D eigenvalue weighted by Crippen LogP contribution is 2.32. The lowest BCUT2D eigenvalue weighted by molar-refractivity contribution is -0.138. The first-order valence-electron chi connectivity index (χ1n) is 6.72. The van der Waals surface area contributed by atoms with E-state index in [0.717, 1.165) is 0 Å². The van der Waals surface area contributed by atoms with E-state index in [1.54, 1.807) is 0 Å². The van der Waals surface area contributed by atoms with Crippen molar-refractivity contribution in [2.75, 3.05) is 0 Å². The molecule has 0 amide bonds. The Bertz CT molecular complexity index is 544. The second-order valence-corrected chi connectivity index (χ2v) is 2.50. The van der Waals surface area contributed by atoms with Gasteiger partial charge in [-0.15, -0.1) is 0 Å². The molecule has 0 aromatic carbocycles. The van der Waals surface area contributed by atoms with Gasteiger partial charge in [-0.2, -0.15) is 13.2 Å². The third-order valence-corrected chi connectivity index (χ3v) is 1.51. The molecule has 2 nitrogen and oxygen atoms in total. The third kappa shape index (κ3) is 2.57. The molecule has 0 spiro atoms. The van der Waals surface area contributed by atoms with Crippen molar-refractivity contribution >= 4 is 11.6 Å². The highest BCUT2D eigenvalue weighted by atomic mass is 35.5. The molecule has 78 valence electrons. The van der Waals surface area contributed by atoms with Crippen molar-refractivity contribution in [2.24, 2.45) is 0 Å². The zero-order valence-corrected chi connectivity index (χ0v) is 7.24. The maximum absolute atomic E-state index is 12.5. The molecule has 1 aromatic heterocycles. The van der Waals surface area contributed by atoms with Crippen LogP contribution in [0, 0.1) is 0 Å². The highest BCUT2D eigenvalue weighted by molar-refractivity contribution is 6.30. The molecule has 0 fully saturated rings. The number of halogens is 4. The van der Waals surface area contributed by atoms with E-state index in [4.69, 9.17) is 21.2 Å². The molecule has 0 bridgehead atoms. The van der Waals surface area contributed by atoms with E-state index in [0.29, 0.717) is 0 Å². The number of aromatic nitrogens is 2. The van der Waals surface area contributed by atoms with Crippen LogP contribution in [0.2, 0.25) is 5.15 Å². The van der Waals surface area contributed by atoms with Gasteiger partial charge < -0.3 is 0 Å². The summed E-state index contributed by atoms with van der Waals surface area (Å²) in [5.41, 5.74) is -1.43. The number of hydrogen-bond donors (Lipinski definition) is 0. The van der Waals surface area contributed by atoms with E-state index in [2.05, 4.69) is 9.97 Å². The molecule has 0 saturated carbocycles. The number of nitrogens with zero attached hydrogens (tertiary/aromatic N) is 2. The first-order chi connectivity index (χ1) is 9.12. The number of aryl methyl sites for hydroxylation is 1. The van der Waals surface area contributed by atoms with Crippen LogP contribution in [0.1, 0.15) is 34.2 Å². The van der Waals surface area contributed by atoms with Crippen LogP contribution in [-0.2, 0) is 12.5 Å². The van der Waals surface area contributed by atoms with Crippen molar-refractivity contribution < 1.29 is 22.8 Å². The maximum atomic E-state index is 12.5. The van der Waals surface area contributed by atoms with E-state index in [-0.39, 0.29) is 6.20 Å². The van der Waals surface area contributed by atoms with Crippen LogP contribution < -0.4 is 0 Å². The summed E-state index contributed by atoms with van der Waals surface area (Å²) in [5, 5.41) is -1.14. The van der Waals surface area contributed by atoms with Gasteiger partial charge in [-0.3, -0.25) is 0 Å². The molecule has 1 rings (SSSR count). The van der Waals surface area contributed by atoms with Gasteiger partial charge in [-0.1, -0.05) is 18.5 Å². The second-order valence-electron chi connectivity index (χ2n) is 2.15. The summed E-state index contributed by atoms with van der Waals surface area (Å²) >= 11 is 5.28. The first-order valence-corrected chi connectivity index (χ1v) is 3.60. The van der Waals surface area contributed by atoms with Crippen molar-refractivity contribution in [1.82, 2.24) is 9.97 Å². The van der Waals surface area contributed by atoms with Crippen LogP contribution in [0.5, 0.6) is 0 Å². The molecular weight excluding hydrogens is 217 g/mol. The lowest BCUT2D eigenvalue weighted by atomic mass is 10.3. The monoisotopic (exact) mass is 231 g/mol. The zero-order valence-electron chi connectivity index (χ0n) is 13.5. The largest absolute Gasteiger partial charge is 0.420 e. The van der Waals surface area contributed by atoms with Crippen LogP contribution in [0.15, 0.2) is 6.20 Å². The van der Waals surface area contributed by atoms with E-state index in [1.165, 1.54) is 0 Å². The molecular formula is C8H8ClF3N2. The number of rotatable bonds is 2. The van der Waals surface area contributed by atoms with Crippen LogP contribution in [-0.4, -0.2) is 9.97 Å². The molecule has 0 aliphatic rings. The normalized spacial score (nSPS) is 22.1. The van der Waals surface area contributed by atoms with Crippen LogP contribution in [0.3, 0.4) is 0 Å². The van der Waals surface area contributed by atoms with Crippen molar-refractivity contribution in [3.05, 3.63) is 22.7 Å². The Labute approximate surface area is 94.0 Å². The van der Waals surface area contributed by atoms with E-state index < -0.39 is 42.3 Å². The summed E-state index contributed by atoms with van der Waals surface area (Å²) in [6.45, 7) is -3.38. The van der Waals surface area contributed by atoms with Gasteiger partial charge >= 0.3 is 6.18 Å². The van der Waals surface area contributed by atoms with Crippen molar-refractivity contribution in [3.8, 4) is 0 Å². The molecule has 0 aliphatic heterocycles. The molecule has 1 aromatic rings. The zero-order chi connectivity index (χ0) is 16.9. The summed E-state index contributed by atoms with van der Waals surface area (Å²) in [6, 6.07) is 0. The molecule has 0 atom stereocenters. The SMILES string of the molecule is [2H]C([2H])([2H])C([2H])([2H])C([2H])([2H])c1ncc(C(F)(F)F)c(Cl)n1. The molecule has 0 N–H and O–H groups in total. The van der Waals surface area contributed by atoms with Crippen LogP contribution >= 0.6 is 11.6 Å². The minimum atomic E-state index is -4.87. The highest BCUT2D eigenvalue weighted by Gasteiger charge is 2.34. The number of hydrogen-bond acceptors (Lipinski definition) is 2. The number of alkyl halides is 3.